The highest BCUT2D eigenvalue weighted by molar-refractivity contribution is 5.79. The first kappa shape index (κ1) is 12.3. The van der Waals surface area contributed by atoms with Crippen molar-refractivity contribution in [3.8, 4) is 0 Å². The molecule has 1 radical (unpaired) electrons. The average Bonchev–Trinajstić information content (AvgIpc) is 2.39. The molecule has 0 N–H and O–H groups in total. The van der Waals surface area contributed by atoms with Gasteiger partial charge in [-0.25, -0.2) is 4.39 Å². The van der Waals surface area contributed by atoms with Crippen LogP contribution >= 0.6 is 0 Å². The van der Waals surface area contributed by atoms with Crippen molar-refractivity contribution in [3.63, 3.8) is 0 Å². The molecule has 0 saturated carbocycles. The molecule has 2 rings (SSSR count). The molecule has 0 amide bonds. The summed E-state index contributed by atoms with van der Waals surface area (Å²) in [6, 6.07) is 13.9. The third-order valence-electron chi connectivity index (χ3n) is 2.44. The summed E-state index contributed by atoms with van der Waals surface area (Å²) in [5.41, 5.74) is 2.92. The standard InChI is InChI=1S/C15H13FNO/c1-12-2-4-13(5-3-12)10-17-18-11-14-6-8-15(16)9-7-14/h2-9H,11H2,1H3. The molecular formula is C15H13FNO. The highest BCUT2D eigenvalue weighted by Gasteiger charge is 1.93. The van der Waals surface area contributed by atoms with Crippen molar-refractivity contribution in [2.45, 2.75) is 13.5 Å². The molecule has 0 atom stereocenters. The smallest absolute Gasteiger partial charge is 0.142 e. The first-order chi connectivity index (χ1) is 8.74. The Morgan fingerprint density at radius 3 is 2.39 bits per heavy atom. The van der Waals surface area contributed by atoms with Gasteiger partial charge in [0.2, 0.25) is 0 Å². The third-order valence-corrected chi connectivity index (χ3v) is 2.44. The minimum absolute atomic E-state index is 0.256. The quantitative estimate of drug-likeness (QED) is 0.593. The fraction of sp³-hybridized carbons (Fsp3) is 0.133. The number of hydrogen-bond donors (Lipinski definition) is 0. The molecule has 0 heterocycles. The van der Waals surface area contributed by atoms with E-state index >= 15 is 0 Å². The van der Waals surface area contributed by atoms with Crippen LogP contribution < -0.4 is 0 Å². The Kier molecular flexibility index (Phi) is 4.07. The molecule has 0 aliphatic heterocycles. The van der Waals surface area contributed by atoms with Crippen molar-refractivity contribution in [1.82, 2.24) is 0 Å². The van der Waals surface area contributed by atoms with Gasteiger partial charge in [-0.1, -0.05) is 47.1 Å². The van der Waals surface area contributed by atoms with E-state index in [4.69, 9.17) is 4.84 Å². The van der Waals surface area contributed by atoms with Crippen molar-refractivity contribution in [2.75, 3.05) is 0 Å². The van der Waals surface area contributed by atoms with Crippen molar-refractivity contribution in [3.05, 3.63) is 71.0 Å². The normalized spacial score (nSPS) is 10.8. The summed E-state index contributed by atoms with van der Waals surface area (Å²) in [4.78, 5) is 5.09. The Labute approximate surface area is 106 Å². The summed E-state index contributed by atoms with van der Waals surface area (Å²) < 4.78 is 12.7. The van der Waals surface area contributed by atoms with Crippen LogP contribution in [0.15, 0.2) is 53.7 Å². The first-order valence-electron chi connectivity index (χ1n) is 5.63. The number of benzene rings is 2. The van der Waals surface area contributed by atoms with Crippen LogP contribution in [0.5, 0.6) is 0 Å². The molecule has 0 fully saturated rings. The van der Waals surface area contributed by atoms with Gasteiger partial charge in [0.05, 0.1) is 0 Å². The van der Waals surface area contributed by atoms with Crippen molar-refractivity contribution in [2.24, 2.45) is 5.16 Å². The molecule has 0 saturated heterocycles. The van der Waals surface area contributed by atoms with E-state index in [0.717, 1.165) is 11.1 Å². The fourth-order valence-electron chi connectivity index (χ4n) is 1.40. The Morgan fingerprint density at radius 2 is 1.72 bits per heavy atom. The Morgan fingerprint density at radius 1 is 1.06 bits per heavy atom. The SMILES string of the molecule is Cc1ccc(/[C]=N\OCc2ccc(F)cc2)cc1. The van der Waals surface area contributed by atoms with Crippen molar-refractivity contribution >= 4 is 6.21 Å². The fourth-order valence-corrected chi connectivity index (χ4v) is 1.40. The summed E-state index contributed by atoms with van der Waals surface area (Å²) in [6.45, 7) is 2.32. The maximum atomic E-state index is 12.7. The van der Waals surface area contributed by atoms with Gasteiger partial charge in [-0.15, -0.1) is 0 Å². The monoisotopic (exact) mass is 242 g/mol. The maximum Gasteiger partial charge on any atom is 0.142 e. The van der Waals surface area contributed by atoms with Crippen LogP contribution in [0, 0.1) is 12.7 Å². The third kappa shape index (κ3) is 3.70. The molecule has 0 bridgehead atoms. The van der Waals surface area contributed by atoms with E-state index in [0.29, 0.717) is 6.61 Å². The molecule has 18 heavy (non-hydrogen) atoms. The summed E-state index contributed by atoms with van der Waals surface area (Å²) in [5.74, 6) is -0.256. The van der Waals surface area contributed by atoms with Gasteiger partial charge in [-0.2, -0.15) is 0 Å². The molecular weight excluding hydrogens is 229 g/mol. The Hall–Kier alpha value is -2.16. The average molecular weight is 242 g/mol. The zero-order valence-corrected chi connectivity index (χ0v) is 10.1. The highest BCUT2D eigenvalue weighted by Crippen LogP contribution is 2.05. The second-order valence-corrected chi connectivity index (χ2v) is 3.97. The Balaban J connectivity index is 1.84. The topological polar surface area (TPSA) is 21.6 Å². The highest BCUT2D eigenvalue weighted by atomic mass is 19.1. The molecule has 0 aromatic heterocycles. The zero-order chi connectivity index (χ0) is 12.8. The molecule has 2 aromatic carbocycles. The van der Waals surface area contributed by atoms with Crippen LogP contribution in [-0.2, 0) is 11.4 Å². The second kappa shape index (κ2) is 5.96. The van der Waals surface area contributed by atoms with Gasteiger partial charge in [0, 0.05) is 5.56 Å². The van der Waals surface area contributed by atoms with Crippen LogP contribution in [0.1, 0.15) is 16.7 Å². The summed E-state index contributed by atoms with van der Waals surface area (Å²) >= 11 is 0. The van der Waals surface area contributed by atoms with Gasteiger partial charge in [0.25, 0.3) is 0 Å². The molecule has 0 spiro atoms. The molecule has 2 aromatic rings. The summed E-state index contributed by atoms with van der Waals surface area (Å²) in [5, 5.41) is 3.75. The van der Waals surface area contributed by atoms with E-state index in [2.05, 4.69) is 11.4 Å². The van der Waals surface area contributed by atoms with E-state index in [1.807, 2.05) is 31.2 Å². The predicted octanol–water partition coefficient (Wildman–Crippen LogP) is 3.56. The van der Waals surface area contributed by atoms with E-state index in [1.165, 1.54) is 17.7 Å². The van der Waals surface area contributed by atoms with Crippen molar-refractivity contribution < 1.29 is 9.23 Å². The zero-order valence-electron chi connectivity index (χ0n) is 10.1. The first-order valence-corrected chi connectivity index (χ1v) is 5.63. The molecule has 2 nitrogen and oxygen atoms in total. The van der Waals surface area contributed by atoms with Crippen LogP contribution in [0.3, 0.4) is 0 Å². The van der Waals surface area contributed by atoms with Gasteiger partial charge in [0.15, 0.2) is 0 Å². The maximum absolute atomic E-state index is 12.7. The lowest BCUT2D eigenvalue weighted by atomic mass is 10.2. The minimum atomic E-state index is -0.256. The molecule has 0 aliphatic carbocycles. The van der Waals surface area contributed by atoms with Crippen LogP contribution in [0.25, 0.3) is 0 Å². The van der Waals surface area contributed by atoms with Gasteiger partial charge in [0.1, 0.15) is 18.6 Å². The number of rotatable bonds is 4. The number of halogens is 1. The molecule has 0 unspecified atom stereocenters. The van der Waals surface area contributed by atoms with E-state index < -0.39 is 0 Å². The number of nitrogens with zero attached hydrogens (tertiary/aromatic N) is 1. The van der Waals surface area contributed by atoms with Gasteiger partial charge < -0.3 is 4.84 Å². The second-order valence-electron chi connectivity index (χ2n) is 3.97. The Bertz CT molecular complexity index is 517. The summed E-state index contributed by atoms with van der Waals surface area (Å²) in [7, 11) is 0. The van der Waals surface area contributed by atoms with Gasteiger partial charge >= 0.3 is 0 Å². The predicted molar refractivity (Wildman–Crippen MR) is 68.9 cm³/mol. The number of aryl methyl sites for hydroxylation is 1. The van der Waals surface area contributed by atoms with Gasteiger partial charge in [-0.05, 0) is 24.6 Å². The minimum Gasteiger partial charge on any atom is -0.390 e. The van der Waals surface area contributed by atoms with Crippen LogP contribution in [0.2, 0.25) is 0 Å². The van der Waals surface area contributed by atoms with E-state index in [9.17, 15) is 4.39 Å². The lowest BCUT2D eigenvalue weighted by molar-refractivity contribution is 0.132. The lowest BCUT2D eigenvalue weighted by Crippen LogP contribution is -1.88. The van der Waals surface area contributed by atoms with E-state index in [1.54, 1.807) is 12.1 Å². The molecule has 3 heteroatoms. The van der Waals surface area contributed by atoms with Crippen LogP contribution in [-0.4, -0.2) is 6.21 Å². The molecule has 91 valence electrons. The lowest BCUT2D eigenvalue weighted by Gasteiger charge is -1.99. The van der Waals surface area contributed by atoms with Crippen LogP contribution in [0.4, 0.5) is 4.39 Å². The van der Waals surface area contributed by atoms with Crippen molar-refractivity contribution in [1.29, 1.82) is 0 Å². The van der Waals surface area contributed by atoms with Gasteiger partial charge in [-0.3, -0.25) is 0 Å². The largest absolute Gasteiger partial charge is 0.390 e. The molecule has 0 aliphatic rings. The van der Waals surface area contributed by atoms with E-state index in [-0.39, 0.29) is 5.82 Å². The number of hydrogen-bond acceptors (Lipinski definition) is 2. The summed E-state index contributed by atoms with van der Waals surface area (Å²) in [6.07, 6.45) is 2.78.